The highest BCUT2D eigenvalue weighted by Crippen LogP contribution is 2.72. The van der Waals surface area contributed by atoms with Gasteiger partial charge in [0.2, 0.25) is 0 Å². The first-order valence-corrected chi connectivity index (χ1v) is 9.17. The molecule has 3 nitrogen and oxygen atoms in total. The van der Waals surface area contributed by atoms with Gasteiger partial charge in [-0.05, 0) is 62.7 Å². The second-order valence-electron chi connectivity index (χ2n) is 9.34. The molecule has 120 valence electrons. The second kappa shape index (κ2) is 3.79. The predicted molar refractivity (Wildman–Crippen MR) is 80.9 cm³/mol. The van der Waals surface area contributed by atoms with E-state index >= 15 is 0 Å². The van der Waals surface area contributed by atoms with Crippen molar-refractivity contribution in [3.8, 4) is 0 Å². The van der Waals surface area contributed by atoms with Crippen LogP contribution in [0.5, 0.6) is 0 Å². The van der Waals surface area contributed by atoms with Crippen molar-refractivity contribution in [3.05, 3.63) is 0 Å². The third-order valence-corrected chi connectivity index (χ3v) is 8.54. The first-order valence-electron chi connectivity index (χ1n) is 9.17. The summed E-state index contributed by atoms with van der Waals surface area (Å²) in [5, 5.41) is 0. The Hall–Kier alpha value is -0.860. The number of esters is 1. The van der Waals surface area contributed by atoms with Gasteiger partial charge in [-0.15, -0.1) is 0 Å². The van der Waals surface area contributed by atoms with Gasteiger partial charge in [-0.25, -0.2) is 0 Å². The summed E-state index contributed by atoms with van der Waals surface area (Å²) >= 11 is 0. The van der Waals surface area contributed by atoms with Crippen LogP contribution >= 0.6 is 0 Å². The Balaban J connectivity index is 1.70. The number of fused-ring (bicyclic) bond motifs is 2. The first-order chi connectivity index (χ1) is 10.4. The van der Waals surface area contributed by atoms with Gasteiger partial charge in [-0.3, -0.25) is 9.59 Å². The zero-order chi connectivity index (χ0) is 15.3. The van der Waals surface area contributed by atoms with Crippen LogP contribution in [0.1, 0.15) is 65.2 Å². The molecule has 0 unspecified atom stereocenters. The van der Waals surface area contributed by atoms with E-state index in [4.69, 9.17) is 4.74 Å². The molecule has 4 aliphatic carbocycles. The molecule has 5 fully saturated rings. The Morgan fingerprint density at radius 2 is 1.86 bits per heavy atom. The van der Waals surface area contributed by atoms with E-state index in [1.54, 1.807) is 0 Å². The summed E-state index contributed by atoms with van der Waals surface area (Å²) in [6, 6.07) is 0. The zero-order valence-corrected chi connectivity index (χ0v) is 13.7. The minimum Gasteiger partial charge on any atom is -0.454 e. The Morgan fingerprint density at radius 3 is 2.68 bits per heavy atom. The summed E-state index contributed by atoms with van der Waals surface area (Å²) in [6.07, 6.45) is 8.56. The molecule has 1 spiro atoms. The van der Waals surface area contributed by atoms with E-state index in [-0.39, 0.29) is 22.7 Å². The molecular formula is C19H26O3. The summed E-state index contributed by atoms with van der Waals surface area (Å²) in [5.41, 5.74) is -0.445. The molecule has 7 atom stereocenters. The molecule has 0 aromatic carbocycles. The van der Waals surface area contributed by atoms with Crippen LogP contribution in [0.25, 0.3) is 0 Å². The zero-order valence-electron chi connectivity index (χ0n) is 13.7. The molecule has 0 aromatic rings. The van der Waals surface area contributed by atoms with Crippen LogP contribution in [0.2, 0.25) is 0 Å². The summed E-state index contributed by atoms with van der Waals surface area (Å²) in [4.78, 5) is 26.0. The molecule has 1 saturated heterocycles. The van der Waals surface area contributed by atoms with Crippen molar-refractivity contribution < 1.29 is 14.3 Å². The number of rotatable bonds is 0. The van der Waals surface area contributed by atoms with Gasteiger partial charge in [-0.2, -0.15) is 0 Å². The summed E-state index contributed by atoms with van der Waals surface area (Å²) < 4.78 is 5.77. The Bertz CT molecular complexity index is 583. The molecule has 0 N–H and O–H groups in total. The largest absolute Gasteiger partial charge is 0.454 e. The van der Waals surface area contributed by atoms with Crippen LogP contribution in [0, 0.1) is 34.0 Å². The Morgan fingerprint density at radius 1 is 1.05 bits per heavy atom. The van der Waals surface area contributed by atoms with Crippen LogP contribution in [0.15, 0.2) is 0 Å². The molecule has 1 aliphatic heterocycles. The van der Waals surface area contributed by atoms with Crippen LogP contribution < -0.4 is 0 Å². The van der Waals surface area contributed by atoms with Gasteiger partial charge >= 0.3 is 5.97 Å². The maximum atomic E-state index is 13.4. The Kier molecular flexibility index (Phi) is 2.34. The normalized spacial score (nSPS) is 59.0. The maximum absolute atomic E-state index is 13.4. The minimum absolute atomic E-state index is 0.0913. The average molecular weight is 302 g/mol. The number of ketones is 1. The summed E-state index contributed by atoms with van der Waals surface area (Å²) in [7, 11) is 0. The van der Waals surface area contributed by atoms with Gasteiger partial charge in [0.05, 0.1) is 5.41 Å². The highest BCUT2D eigenvalue weighted by molar-refractivity contribution is 5.96. The van der Waals surface area contributed by atoms with Gasteiger partial charge in [-0.1, -0.05) is 19.8 Å². The molecule has 22 heavy (non-hydrogen) atoms. The molecule has 0 radical (unpaired) electrons. The molecule has 0 amide bonds. The van der Waals surface area contributed by atoms with Crippen LogP contribution in [0.4, 0.5) is 0 Å². The fourth-order valence-electron chi connectivity index (χ4n) is 7.76. The van der Waals surface area contributed by atoms with Crippen LogP contribution in [-0.4, -0.2) is 17.9 Å². The number of carbonyl (C=O) groups excluding carboxylic acids is 2. The number of hydrogen-bond acceptors (Lipinski definition) is 3. The number of Topliss-reactive ketones (excluding diaryl/α,β-unsaturated/α-hetero) is 1. The quantitative estimate of drug-likeness (QED) is 0.643. The number of ether oxygens (including phenoxy) is 1. The van der Waals surface area contributed by atoms with Crippen molar-refractivity contribution in [2.24, 2.45) is 34.0 Å². The molecule has 5 aliphatic rings. The van der Waals surface area contributed by atoms with E-state index in [1.165, 1.54) is 25.7 Å². The predicted octanol–water partition coefficient (Wildman–Crippen LogP) is 3.50. The topological polar surface area (TPSA) is 43.4 Å². The summed E-state index contributed by atoms with van der Waals surface area (Å²) in [5.74, 6) is 1.57. The molecule has 4 saturated carbocycles. The van der Waals surface area contributed by atoms with Gasteiger partial charge in [0.25, 0.3) is 0 Å². The van der Waals surface area contributed by atoms with Crippen molar-refractivity contribution in [2.45, 2.75) is 71.3 Å². The third-order valence-electron chi connectivity index (χ3n) is 8.54. The molecular weight excluding hydrogens is 276 g/mol. The van der Waals surface area contributed by atoms with Crippen LogP contribution in [-0.2, 0) is 14.3 Å². The van der Waals surface area contributed by atoms with Gasteiger partial charge in [0, 0.05) is 11.3 Å². The molecule has 0 aromatic heterocycles. The molecule has 3 heteroatoms. The monoisotopic (exact) mass is 302 g/mol. The van der Waals surface area contributed by atoms with Crippen LogP contribution in [0.3, 0.4) is 0 Å². The first kappa shape index (κ1) is 13.6. The van der Waals surface area contributed by atoms with Crippen molar-refractivity contribution in [1.82, 2.24) is 0 Å². The van der Waals surface area contributed by atoms with Crippen molar-refractivity contribution >= 4 is 11.8 Å². The lowest BCUT2D eigenvalue weighted by Crippen LogP contribution is -2.64. The van der Waals surface area contributed by atoms with Crippen molar-refractivity contribution in [2.75, 3.05) is 0 Å². The lowest BCUT2D eigenvalue weighted by molar-refractivity contribution is -0.178. The average Bonchev–Trinajstić information content (AvgIpc) is 2.94. The fraction of sp³-hybridized carbons (Fsp3) is 0.895. The highest BCUT2D eigenvalue weighted by Gasteiger charge is 2.74. The minimum atomic E-state index is -0.434. The fourth-order valence-corrected chi connectivity index (χ4v) is 7.76. The lowest BCUT2D eigenvalue weighted by atomic mass is 9.40. The van der Waals surface area contributed by atoms with Gasteiger partial charge in [0.1, 0.15) is 0 Å². The number of carbonyl (C=O) groups is 2. The van der Waals surface area contributed by atoms with Gasteiger partial charge < -0.3 is 4.74 Å². The van der Waals surface area contributed by atoms with E-state index in [0.717, 1.165) is 31.6 Å². The van der Waals surface area contributed by atoms with E-state index in [1.807, 2.05) is 0 Å². The maximum Gasteiger partial charge on any atom is 0.312 e. The number of hydrogen-bond donors (Lipinski definition) is 0. The standard InChI is InChI=1S/C19H26O3/c1-17-7-3-8-18(2)14(17)13(22-16(18)21)15(20)19-9-6-11(10-19)4-5-12(17)19/h11-14H,3-10H2,1-2H3/t11-,12-,13+,14-,17-,18+,19-/m0/s1. The Labute approximate surface area is 132 Å². The summed E-state index contributed by atoms with van der Waals surface area (Å²) in [6.45, 7) is 4.46. The SMILES string of the molecule is C[C@]12CCC[C@@]3(C)C(=O)O[C@@H](C(=O)[C@]45CC[C@H](CC[C@H]41)C5)[C@@H]23. The third kappa shape index (κ3) is 1.24. The van der Waals surface area contributed by atoms with Gasteiger partial charge in [0.15, 0.2) is 11.9 Å². The molecule has 1 heterocycles. The lowest BCUT2D eigenvalue weighted by Gasteiger charge is -2.61. The van der Waals surface area contributed by atoms with E-state index in [9.17, 15) is 9.59 Å². The van der Waals surface area contributed by atoms with E-state index in [0.29, 0.717) is 11.7 Å². The smallest absolute Gasteiger partial charge is 0.312 e. The highest BCUT2D eigenvalue weighted by atomic mass is 16.6. The van der Waals surface area contributed by atoms with Crippen molar-refractivity contribution in [1.29, 1.82) is 0 Å². The second-order valence-corrected chi connectivity index (χ2v) is 9.34. The molecule has 5 rings (SSSR count). The van der Waals surface area contributed by atoms with E-state index in [2.05, 4.69) is 13.8 Å². The molecule has 2 bridgehead atoms. The van der Waals surface area contributed by atoms with E-state index < -0.39 is 11.5 Å². The van der Waals surface area contributed by atoms with Crippen molar-refractivity contribution in [3.63, 3.8) is 0 Å².